The first-order valence-corrected chi connectivity index (χ1v) is 6.75. The van der Waals surface area contributed by atoms with Gasteiger partial charge in [-0.1, -0.05) is 25.1 Å². The highest BCUT2D eigenvalue weighted by atomic mass is 16.5. The lowest BCUT2D eigenvalue weighted by molar-refractivity contribution is 0.415. The van der Waals surface area contributed by atoms with E-state index in [1.165, 1.54) is 0 Å². The summed E-state index contributed by atoms with van der Waals surface area (Å²) in [5.74, 6) is 0.862. The first kappa shape index (κ1) is 14.1. The summed E-state index contributed by atoms with van der Waals surface area (Å²) < 4.78 is 5.18. The quantitative estimate of drug-likeness (QED) is 0.606. The van der Waals surface area contributed by atoms with Crippen molar-refractivity contribution < 1.29 is 4.74 Å². The van der Waals surface area contributed by atoms with E-state index in [-0.39, 0.29) is 0 Å². The summed E-state index contributed by atoms with van der Waals surface area (Å²) in [7, 11) is 3.64. The van der Waals surface area contributed by atoms with E-state index in [9.17, 15) is 0 Å². The van der Waals surface area contributed by atoms with Crippen molar-refractivity contribution in [3.05, 3.63) is 60.2 Å². The van der Waals surface area contributed by atoms with Crippen molar-refractivity contribution in [2.24, 2.45) is 5.10 Å². The molecular weight excluding hydrogens is 248 g/mol. The van der Waals surface area contributed by atoms with Crippen molar-refractivity contribution in [2.75, 3.05) is 19.2 Å². The summed E-state index contributed by atoms with van der Waals surface area (Å²) in [6, 6.07) is 18.1. The summed E-state index contributed by atoms with van der Waals surface area (Å²) in [6.07, 6.45) is 0.878. The van der Waals surface area contributed by atoms with E-state index in [2.05, 4.69) is 6.92 Å². The van der Waals surface area contributed by atoms with Crippen molar-refractivity contribution in [1.29, 1.82) is 0 Å². The van der Waals surface area contributed by atoms with Gasteiger partial charge in [-0.25, -0.2) is 0 Å². The van der Waals surface area contributed by atoms with Gasteiger partial charge in [0.1, 0.15) is 5.75 Å². The van der Waals surface area contributed by atoms with E-state index < -0.39 is 0 Å². The molecule has 3 heteroatoms. The molecule has 0 amide bonds. The van der Waals surface area contributed by atoms with Gasteiger partial charge in [0.2, 0.25) is 0 Å². The number of benzene rings is 2. The lowest BCUT2D eigenvalue weighted by atomic mass is 10.1. The van der Waals surface area contributed by atoms with Crippen LogP contribution in [0.4, 0.5) is 5.69 Å². The van der Waals surface area contributed by atoms with Crippen LogP contribution in [0, 0.1) is 0 Å². The number of methoxy groups -OCH3 is 1. The van der Waals surface area contributed by atoms with Gasteiger partial charge in [-0.2, -0.15) is 5.10 Å². The van der Waals surface area contributed by atoms with Gasteiger partial charge in [0.05, 0.1) is 18.5 Å². The topological polar surface area (TPSA) is 24.8 Å². The Bertz CT molecular complexity index is 561. The van der Waals surface area contributed by atoms with Crippen LogP contribution in [0.15, 0.2) is 59.7 Å². The van der Waals surface area contributed by atoms with Gasteiger partial charge in [-0.05, 0) is 48.4 Å². The summed E-state index contributed by atoms with van der Waals surface area (Å²) in [4.78, 5) is 0. The van der Waals surface area contributed by atoms with Crippen LogP contribution >= 0.6 is 0 Å². The molecule has 0 fully saturated rings. The number of rotatable bonds is 5. The van der Waals surface area contributed by atoms with Gasteiger partial charge in [0, 0.05) is 7.05 Å². The van der Waals surface area contributed by atoms with Crippen LogP contribution in [0.2, 0.25) is 0 Å². The van der Waals surface area contributed by atoms with Crippen molar-refractivity contribution in [1.82, 2.24) is 0 Å². The average Bonchev–Trinajstić information content (AvgIpc) is 2.53. The Hall–Kier alpha value is -2.29. The maximum Gasteiger partial charge on any atom is 0.118 e. The van der Waals surface area contributed by atoms with Crippen molar-refractivity contribution in [2.45, 2.75) is 13.3 Å². The first-order valence-electron chi connectivity index (χ1n) is 6.75. The Morgan fingerprint density at radius 3 is 2.25 bits per heavy atom. The Labute approximate surface area is 120 Å². The third kappa shape index (κ3) is 3.38. The fraction of sp³-hybridized carbons (Fsp3) is 0.235. The number of ether oxygens (including phenoxy) is 1. The van der Waals surface area contributed by atoms with Crippen LogP contribution in [0.25, 0.3) is 0 Å². The molecule has 0 spiro atoms. The lowest BCUT2D eigenvalue weighted by Gasteiger charge is -2.15. The first-order chi connectivity index (χ1) is 9.74. The molecule has 0 N–H and O–H groups in total. The third-order valence-corrected chi connectivity index (χ3v) is 3.16. The highest BCUT2D eigenvalue weighted by Crippen LogP contribution is 2.16. The maximum atomic E-state index is 5.18. The predicted octanol–water partition coefficient (Wildman–Crippen LogP) is 3.95. The molecule has 2 aromatic carbocycles. The minimum atomic E-state index is 0.862. The van der Waals surface area contributed by atoms with Crippen molar-refractivity contribution >= 4 is 11.4 Å². The predicted molar refractivity (Wildman–Crippen MR) is 84.7 cm³/mol. The van der Waals surface area contributed by atoms with Gasteiger partial charge in [0.25, 0.3) is 0 Å². The van der Waals surface area contributed by atoms with E-state index >= 15 is 0 Å². The molecule has 20 heavy (non-hydrogen) atoms. The highest BCUT2D eigenvalue weighted by molar-refractivity contribution is 6.00. The van der Waals surface area contributed by atoms with Crippen LogP contribution in [0.3, 0.4) is 0 Å². The number of hydrogen-bond donors (Lipinski definition) is 0. The highest BCUT2D eigenvalue weighted by Gasteiger charge is 2.04. The van der Waals surface area contributed by atoms with Gasteiger partial charge in [-0.3, -0.25) is 5.01 Å². The molecule has 0 aliphatic rings. The van der Waals surface area contributed by atoms with E-state index in [4.69, 9.17) is 9.84 Å². The molecule has 0 atom stereocenters. The Morgan fingerprint density at radius 1 is 1.05 bits per heavy atom. The standard InChI is InChI=1S/C17H20N2O/c1-4-17(14-10-12-16(20-3)13-11-14)18-19(2)15-8-6-5-7-9-15/h5-13H,4H2,1-3H3. The number of nitrogens with zero attached hydrogens (tertiary/aromatic N) is 2. The third-order valence-electron chi connectivity index (χ3n) is 3.16. The second-order valence-corrected chi connectivity index (χ2v) is 4.49. The van der Waals surface area contributed by atoms with Crippen LogP contribution in [-0.2, 0) is 0 Å². The maximum absolute atomic E-state index is 5.18. The van der Waals surface area contributed by atoms with Crippen molar-refractivity contribution in [3.63, 3.8) is 0 Å². The molecule has 0 aliphatic carbocycles. The Morgan fingerprint density at radius 2 is 1.70 bits per heavy atom. The van der Waals surface area contributed by atoms with Crippen LogP contribution in [-0.4, -0.2) is 19.9 Å². The van der Waals surface area contributed by atoms with Crippen LogP contribution in [0.5, 0.6) is 5.75 Å². The van der Waals surface area contributed by atoms with Gasteiger partial charge >= 0.3 is 0 Å². The lowest BCUT2D eigenvalue weighted by Crippen LogP contribution is -2.13. The number of hydrogen-bond acceptors (Lipinski definition) is 3. The van der Waals surface area contributed by atoms with Crippen molar-refractivity contribution in [3.8, 4) is 5.75 Å². The molecule has 0 aliphatic heterocycles. The second-order valence-electron chi connectivity index (χ2n) is 4.49. The minimum Gasteiger partial charge on any atom is -0.497 e. The summed E-state index contributed by atoms with van der Waals surface area (Å²) >= 11 is 0. The normalized spacial score (nSPS) is 11.2. The molecule has 0 radical (unpaired) electrons. The molecule has 2 rings (SSSR count). The zero-order valence-electron chi connectivity index (χ0n) is 12.2. The molecule has 0 unspecified atom stereocenters. The van der Waals surface area contributed by atoms with E-state index in [1.54, 1.807) is 7.11 Å². The van der Waals surface area contributed by atoms with Gasteiger partial charge in [0.15, 0.2) is 0 Å². The summed E-state index contributed by atoms with van der Waals surface area (Å²) in [5.41, 5.74) is 3.25. The molecule has 2 aromatic rings. The zero-order chi connectivity index (χ0) is 14.4. The van der Waals surface area contributed by atoms with Gasteiger partial charge < -0.3 is 4.74 Å². The Kier molecular flexibility index (Phi) is 4.77. The van der Waals surface area contributed by atoms with Gasteiger partial charge in [-0.15, -0.1) is 0 Å². The molecule has 0 heterocycles. The van der Waals surface area contributed by atoms with E-state index in [0.717, 1.165) is 29.1 Å². The Balaban J connectivity index is 2.24. The summed E-state index contributed by atoms with van der Waals surface area (Å²) in [6.45, 7) is 2.11. The molecule has 0 saturated heterocycles. The molecule has 104 valence electrons. The average molecular weight is 268 g/mol. The number of hydrazone groups is 1. The zero-order valence-corrected chi connectivity index (χ0v) is 12.2. The largest absolute Gasteiger partial charge is 0.497 e. The SMILES string of the molecule is CCC(=NN(C)c1ccccc1)c1ccc(OC)cc1. The fourth-order valence-electron chi connectivity index (χ4n) is 2.00. The molecule has 3 nitrogen and oxygen atoms in total. The molecule has 0 bridgehead atoms. The number of anilines is 1. The van der Waals surface area contributed by atoms with E-state index in [0.29, 0.717) is 0 Å². The second kappa shape index (κ2) is 6.75. The van der Waals surface area contributed by atoms with Crippen LogP contribution in [0.1, 0.15) is 18.9 Å². The monoisotopic (exact) mass is 268 g/mol. The molecular formula is C17H20N2O. The molecule has 0 saturated carbocycles. The summed E-state index contributed by atoms with van der Waals surface area (Å²) in [5, 5.41) is 6.61. The fourth-order valence-corrected chi connectivity index (χ4v) is 2.00. The van der Waals surface area contributed by atoms with Crippen LogP contribution < -0.4 is 9.75 Å². The smallest absolute Gasteiger partial charge is 0.118 e. The minimum absolute atomic E-state index is 0.862. The molecule has 0 aromatic heterocycles. The number of para-hydroxylation sites is 1. The van der Waals surface area contributed by atoms with E-state index in [1.807, 2.05) is 66.7 Å².